The number of rotatable bonds is 4. The number of hydrogen-bond donors (Lipinski definition) is 2. The second kappa shape index (κ2) is 5.67. The summed E-state index contributed by atoms with van der Waals surface area (Å²) in [5.74, 6) is 1.21. The standard InChI is InChI=1S/C14H17N3O2/c1-9-4-5-12(19-3)11(6-9)13-16-8-10(7-15-2)14(18)17-13/h4-6,8,15H,7H2,1-3H3,(H,16,17,18). The van der Waals surface area contributed by atoms with Crippen LogP contribution in [0.25, 0.3) is 11.4 Å². The van der Waals surface area contributed by atoms with Crippen LogP contribution < -0.4 is 15.6 Å². The summed E-state index contributed by atoms with van der Waals surface area (Å²) in [7, 11) is 3.39. The molecule has 1 aromatic carbocycles. The molecule has 0 aliphatic carbocycles. The molecule has 1 aromatic heterocycles. The number of aryl methyl sites for hydroxylation is 1. The zero-order valence-electron chi connectivity index (χ0n) is 11.3. The van der Waals surface area contributed by atoms with Crippen LogP contribution in [0.5, 0.6) is 5.75 Å². The minimum absolute atomic E-state index is 0.136. The average molecular weight is 259 g/mol. The lowest BCUT2D eigenvalue weighted by Gasteiger charge is -2.09. The largest absolute Gasteiger partial charge is 0.496 e. The average Bonchev–Trinajstić information content (AvgIpc) is 2.41. The molecule has 5 nitrogen and oxygen atoms in total. The summed E-state index contributed by atoms with van der Waals surface area (Å²) in [5.41, 5.74) is 2.34. The number of H-pyrrole nitrogens is 1. The van der Waals surface area contributed by atoms with Gasteiger partial charge < -0.3 is 15.0 Å². The van der Waals surface area contributed by atoms with Gasteiger partial charge in [-0.25, -0.2) is 4.98 Å². The summed E-state index contributed by atoms with van der Waals surface area (Å²) >= 11 is 0. The van der Waals surface area contributed by atoms with Crippen molar-refractivity contribution in [3.63, 3.8) is 0 Å². The Kier molecular flexibility index (Phi) is 3.97. The highest BCUT2D eigenvalue weighted by atomic mass is 16.5. The van der Waals surface area contributed by atoms with Gasteiger partial charge in [-0.15, -0.1) is 0 Å². The molecule has 0 fully saturated rings. The van der Waals surface area contributed by atoms with Crippen LogP contribution in [-0.2, 0) is 6.54 Å². The Morgan fingerprint density at radius 2 is 2.21 bits per heavy atom. The molecule has 2 N–H and O–H groups in total. The summed E-state index contributed by atoms with van der Waals surface area (Å²) in [6.45, 7) is 2.48. The van der Waals surface area contributed by atoms with Crippen molar-refractivity contribution in [3.8, 4) is 17.1 Å². The fraction of sp³-hybridized carbons (Fsp3) is 0.286. The Balaban J connectivity index is 2.50. The number of nitrogens with zero attached hydrogens (tertiary/aromatic N) is 1. The van der Waals surface area contributed by atoms with Crippen LogP contribution in [0.4, 0.5) is 0 Å². The Bertz CT molecular complexity index is 635. The molecule has 0 saturated heterocycles. The van der Waals surface area contributed by atoms with Crippen molar-refractivity contribution >= 4 is 0 Å². The predicted octanol–water partition coefficient (Wildman–Crippen LogP) is 1.47. The minimum atomic E-state index is -0.136. The molecule has 2 rings (SSSR count). The molecule has 19 heavy (non-hydrogen) atoms. The van der Waals surface area contributed by atoms with Gasteiger partial charge in [0.1, 0.15) is 11.6 Å². The number of aromatic amines is 1. The van der Waals surface area contributed by atoms with E-state index in [-0.39, 0.29) is 5.56 Å². The fourth-order valence-corrected chi connectivity index (χ4v) is 1.88. The first-order chi connectivity index (χ1) is 9.15. The van der Waals surface area contributed by atoms with Crippen molar-refractivity contribution in [3.05, 3.63) is 45.9 Å². The van der Waals surface area contributed by atoms with Crippen LogP contribution in [0.15, 0.2) is 29.2 Å². The van der Waals surface area contributed by atoms with Gasteiger partial charge in [0, 0.05) is 18.3 Å². The Hall–Kier alpha value is -2.14. The van der Waals surface area contributed by atoms with Gasteiger partial charge >= 0.3 is 0 Å². The van der Waals surface area contributed by atoms with Gasteiger partial charge in [0.15, 0.2) is 0 Å². The number of ether oxygens (including phenoxy) is 1. The van der Waals surface area contributed by atoms with Crippen molar-refractivity contribution < 1.29 is 4.74 Å². The van der Waals surface area contributed by atoms with Gasteiger partial charge in [0.05, 0.1) is 12.7 Å². The van der Waals surface area contributed by atoms with E-state index in [0.717, 1.165) is 11.1 Å². The predicted molar refractivity (Wildman–Crippen MR) is 74.3 cm³/mol. The van der Waals surface area contributed by atoms with Crippen LogP contribution in [0.3, 0.4) is 0 Å². The maximum atomic E-state index is 11.9. The maximum absolute atomic E-state index is 11.9. The minimum Gasteiger partial charge on any atom is -0.496 e. The van der Waals surface area contributed by atoms with Gasteiger partial charge in [0.25, 0.3) is 5.56 Å². The first kappa shape index (κ1) is 13.3. The van der Waals surface area contributed by atoms with Crippen LogP contribution in [0, 0.1) is 6.92 Å². The first-order valence-electron chi connectivity index (χ1n) is 6.03. The molecule has 1 heterocycles. The first-order valence-corrected chi connectivity index (χ1v) is 6.03. The van der Waals surface area contributed by atoms with E-state index in [1.165, 1.54) is 0 Å². The number of aromatic nitrogens is 2. The number of methoxy groups -OCH3 is 1. The van der Waals surface area contributed by atoms with E-state index in [1.54, 1.807) is 20.4 Å². The second-order valence-corrected chi connectivity index (χ2v) is 4.32. The van der Waals surface area contributed by atoms with Gasteiger partial charge in [-0.1, -0.05) is 11.6 Å². The van der Waals surface area contributed by atoms with Gasteiger partial charge in [-0.05, 0) is 26.1 Å². The Morgan fingerprint density at radius 1 is 1.42 bits per heavy atom. The fourth-order valence-electron chi connectivity index (χ4n) is 1.88. The monoisotopic (exact) mass is 259 g/mol. The third kappa shape index (κ3) is 2.82. The Labute approximate surface area is 111 Å². The van der Waals surface area contributed by atoms with Crippen molar-refractivity contribution in [2.75, 3.05) is 14.2 Å². The number of nitrogens with one attached hydrogen (secondary N) is 2. The van der Waals surface area contributed by atoms with Crippen molar-refractivity contribution in [2.45, 2.75) is 13.5 Å². The van der Waals surface area contributed by atoms with E-state index in [1.807, 2.05) is 25.1 Å². The van der Waals surface area contributed by atoms with Crippen LogP contribution in [-0.4, -0.2) is 24.1 Å². The molecule has 0 saturated carbocycles. The van der Waals surface area contributed by atoms with E-state index < -0.39 is 0 Å². The topological polar surface area (TPSA) is 67.0 Å². The molecule has 5 heteroatoms. The summed E-state index contributed by atoms with van der Waals surface area (Å²) in [6.07, 6.45) is 1.59. The summed E-state index contributed by atoms with van der Waals surface area (Å²) in [4.78, 5) is 19.0. The van der Waals surface area contributed by atoms with Crippen LogP contribution in [0.1, 0.15) is 11.1 Å². The lowest BCUT2D eigenvalue weighted by Crippen LogP contribution is -2.19. The number of hydrogen-bond acceptors (Lipinski definition) is 4. The summed E-state index contributed by atoms with van der Waals surface area (Å²) in [5, 5.41) is 2.93. The zero-order chi connectivity index (χ0) is 13.8. The molecule has 0 atom stereocenters. The van der Waals surface area contributed by atoms with E-state index >= 15 is 0 Å². The van der Waals surface area contributed by atoms with E-state index in [9.17, 15) is 4.79 Å². The third-order valence-corrected chi connectivity index (χ3v) is 2.85. The highest BCUT2D eigenvalue weighted by Gasteiger charge is 2.09. The summed E-state index contributed by atoms with van der Waals surface area (Å²) in [6, 6.07) is 5.76. The molecule has 0 bridgehead atoms. The SMILES string of the molecule is CNCc1cnc(-c2cc(C)ccc2OC)[nH]c1=O. The second-order valence-electron chi connectivity index (χ2n) is 4.32. The van der Waals surface area contributed by atoms with E-state index in [2.05, 4.69) is 15.3 Å². The molecular weight excluding hydrogens is 242 g/mol. The molecule has 0 unspecified atom stereocenters. The molecule has 0 amide bonds. The maximum Gasteiger partial charge on any atom is 0.255 e. The molecule has 0 aliphatic rings. The molecular formula is C14H17N3O2. The van der Waals surface area contributed by atoms with Crippen LogP contribution >= 0.6 is 0 Å². The molecule has 100 valence electrons. The third-order valence-electron chi connectivity index (χ3n) is 2.85. The Morgan fingerprint density at radius 3 is 2.84 bits per heavy atom. The van der Waals surface area contributed by atoms with Gasteiger partial charge in [-0.3, -0.25) is 4.79 Å². The van der Waals surface area contributed by atoms with Gasteiger partial charge in [0.2, 0.25) is 0 Å². The highest BCUT2D eigenvalue weighted by Crippen LogP contribution is 2.27. The highest BCUT2D eigenvalue weighted by molar-refractivity contribution is 5.64. The smallest absolute Gasteiger partial charge is 0.255 e. The van der Waals surface area contributed by atoms with Crippen molar-refractivity contribution in [2.24, 2.45) is 0 Å². The number of benzene rings is 1. The van der Waals surface area contributed by atoms with Crippen molar-refractivity contribution in [1.29, 1.82) is 0 Å². The normalized spacial score (nSPS) is 10.5. The zero-order valence-corrected chi connectivity index (χ0v) is 11.3. The van der Waals surface area contributed by atoms with E-state index in [4.69, 9.17) is 4.74 Å². The molecule has 2 aromatic rings. The lowest BCUT2D eigenvalue weighted by atomic mass is 10.1. The lowest BCUT2D eigenvalue weighted by molar-refractivity contribution is 0.416. The van der Waals surface area contributed by atoms with Crippen LogP contribution in [0.2, 0.25) is 0 Å². The molecule has 0 spiro atoms. The van der Waals surface area contributed by atoms with Gasteiger partial charge in [-0.2, -0.15) is 0 Å². The molecule has 0 aliphatic heterocycles. The van der Waals surface area contributed by atoms with E-state index in [0.29, 0.717) is 23.7 Å². The molecule has 0 radical (unpaired) electrons. The summed E-state index contributed by atoms with van der Waals surface area (Å²) < 4.78 is 5.30. The van der Waals surface area contributed by atoms with Crippen molar-refractivity contribution in [1.82, 2.24) is 15.3 Å². The quantitative estimate of drug-likeness (QED) is 0.872.